The van der Waals surface area contributed by atoms with E-state index in [0.29, 0.717) is 41.7 Å². The van der Waals surface area contributed by atoms with Gasteiger partial charge in [-0.05, 0) is 72.9 Å². The lowest BCUT2D eigenvalue weighted by Crippen LogP contribution is -2.29. The molecule has 48 heavy (non-hydrogen) atoms. The monoisotopic (exact) mass is 656 g/mol. The molecule has 3 heterocycles. The van der Waals surface area contributed by atoms with Gasteiger partial charge in [0.05, 0.1) is 5.69 Å². The molecular weight excluding hydrogens is 620 g/mol. The molecule has 242 valence electrons. The van der Waals surface area contributed by atoms with Crippen LogP contribution in [-0.2, 0) is 17.9 Å². The number of anilines is 5. The highest BCUT2D eigenvalue weighted by molar-refractivity contribution is 6.29. The number of nitrogens with zero attached hydrogens (tertiary/aromatic N) is 6. The highest BCUT2D eigenvalue weighted by Crippen LogP contribution is 2.31. The Balaban J connectivity index is 1.31. The van der Waals surface area contributed by atoms with E-state index in [4.69, 9.17) is 26.6 Å². The van der Waals surface area contributed by atoms with E-state index in [9.17, 15) is 4.79 Å². The molecule has 0 spiro atoms. The smallest absolute Gasteiger partial charge is 0.239 e. The average molecular weight is 657 g/mol. The van der Waals surface area contributed by atoms with E-state index in [1.807, 2.05) is 41.0 Å². The summed E-state index contributed by atoms with van der Waals surface area (Å²) < 4.78 is 1.92. The molecule has 1 saturated heterocycles. The predicted octanol–water partition coefficient (Wildman–Crippen LogP) is 7.93. The number of halogens is 1. The Morgan fingerprint density at radius 2 is 1.44 bits per heavy atom. The maximum Gasteiger partial charge on any atom is 0.239 e. The summed E-state index contributed by atoms with van der Waals surface area (Å²) in [4.78, 5) is 31.7. The lowest BCUT2D eigenvalue weighted by Gasteiger charge is -2.28. The zero-order chi connectivity index (χ0) is 32.7. The van der Waals surface area contributed by atoms with Gasteiger partial charge >= 0.3 is 0 Å². The first-order valence-corrected chi connectivity index (χ1v) is 16.8. The maximum atomic E-state index is 12.0. The van der Waals surface area contributed by atoms with Crippen molar-refractivity contribution in [2.75, 3.05) is 39.4 Å². The van der Waals surface area contributed by atoms with Crippen LogP contribution in [0.15, 0.2) is 116 Å². The Hall–Kier alpha value is -5.41. The molecule has 0 saturated carbocycles. The first-order chi connectivity index (χ1) is 23.6. The van der Waals surface area contributed by atoms with Crippen LogP contribution >= 0.6 is 11.6 Å². The Kier molecular flexibility index (Phi) is 9.47. The molecule has 0 radical (unpaired) electrons. The standard InChI is InChI=1S/C38H37ClN8O/c39-24-34(48)41-31-15-10-16-33(23-31)47-27-40-35-36(46(25-28-11-4-1-5-12-28)26-29-13-6-2-7-14-29)43-38(44-37(35)47)42-30-17-19-32(20-18-30)45-21-8-3-9-22-45/h1-2,4-7,10-20,23,27H,3,8-9,21-22,24-26H2,(H,41,48)(H,42,43,44). The number of fused-ring (bicyclic) bond motifs is 1. The molecular formula is C38H37ClN8O. The van der Waals surface area contributed by atoms with Crippen molar-refractivity contribution < 1.29 is 4.79 Å². The van der Waals surface area contributed by atoms with E-state index >= 15 is 0 Å². The summed E-state index contributed by atoms with van der Waals surface area (Å²) in [7, 11) is 0. The topological polar surface area (TPSA) is 91.2 Å². The van der Waals surface area contributed by atoms with Gasteiger partial charge in [0.15, 0.2) is 17.0 Å². The molecule has 6 aromatic rings. The SMILES string of the molecule is O=C(CCl)Nc1cccc(-n2cnc3c(N(Cc4ccccc4)Cc4ccccc4)nc(Nc4ccc(N5CCCCC5)cc4)nc32)c1. The van der Waals surface area contributed by atoms with Crippen LogP contribution < -0.4 is 20.4 Å². The van der Waals surface area contributed by atoms with Crippen molar-refractivity contribution in [3.63, 3.8) is 0 Å². The Labute approximate surface area is 285 Å². The van der Waals surface area contributed by atoms with Gasteiger partial charge in [0.1, 0.15) is 12.2 Å². The highest BCUT2D eigenvalue weighted by Gasteiger charge is 2.21. The van der Waals surface area contributed by atoms with E-state index in [1.54, 1.807) is 6.33 Å². The number of nitrogens with one attached hydrogen (secondary N) is 2. The quantitative estimate of drug-likeness (QED) is 0.137. The number of carbonyl (C=O) groups is 1. The van der Waals surface area contributed by atoms with Crippen molar-refractivity contribution in [1.82, 2.24) is 19.5 Å². The van der Waals surface area contributed by atoms with Crippen molar-refractivity contribution >= 4 is 57.5 Å². The van der Waals surface area contributed by atoms with Crippen LogP contribution in [-0.4, -0.2) is 44.4 Å². The van der Waals surface area contributed by atoms with Gasteiger partial charge in [-0.25, -0.2) is 4.98 Å². The molecule has 7 rings (SSSR count). The zero-order valence-corrected chi connectivity index (χ0v) is 27.4. The molecule has 2 N–H and O–H groups in total. The fraction of sp³-hybridized carbons (Fsp3) is 0.211. The molecule has 1 aliphatic heterocycles. The number of rotatable bonds is 11. The summed E-state index contributed by atoms with van der Waals surface area (Å²) in [6.07, 6.45) is 5.52. The van der Waals surface area contributed by atoms with Gasteiger partial charge in [0, 0.05) is 43.2 Å². The van der Waals surface area contributed by atoms with Crippen LogP contribution in [0.25, 0.3) is 16.9 Å². The third kappa shape index (κ3) is 7.26. The maximum absolute atomic E-state index is 12.0. The van der Waals surface area contributed by atoms with Crippen molar-refractivity contribution in [1.29, 1.82) is 0 Å². The van der Waals surface area contributed by atoms with Crippen LogP contribution in [0, 0.1) is 0 Å². The van der Waals surface area contributed by atoms with Crippen LogP contribution in [0.1, 0.15) is 30.4 Å². The number of alkyl halides is 1. The number of hydrogen-bond donors (Lipinski definition) is 2. The van der Waals surface area contributed by atoms with Crippen LogP contribution in [0.2, 0.25) is 0 Å². The van der Waals surface area contributed by atoms with Gasteiger partial charge in [-0.1, -0.05) is 66.7 Å². The summed E-state index contributed by atoms with van der Waals surface area (Å²) >= 11 is 5.76. The molecule has 10 heteroatoms. The van der Waals surface area contributed by atoms with Gasteiger partial charge in [0.25, 0.3) is 0 Å². The van der Waals surface area contributed by atoms with Gasteiger partial charge < -0.3 is 20.4 Å². The third-order valence-electron chi connectivity index (χ3n) is 8.48. The molecule has 1 fully saturated rings. The predicted molar refractivity (Wildman–Crippen MR) is 195 cm³/mol. The molecule has 4 aromatic carbocycles. The minimum atomic E-state index is -0.274. The first kappa shape index (κ1) is 31.2. The molecule has 0 atom stereocenters. The van der Waals surface area contributed by atoms with Gasteiger partial charge in [-0.3, -0.25) is 9.36 Å². The van der Waals surface area contributed by atoms with Crippen molar-refractivity contribution in [2.45, 2.75) is 32.4 Å². The van der Waals surface area contributed by atoms with E-state index < -0.39 is 0 Å². The Morgan fingerprint density at radius 1 is 0.750 bits per heavy atom. The summed E-state index contributed by atoms with van der Waals surface area (Å²) in [6.45, 7) is 3.43. The van der Waals surface area contributed by atoms with Gasteiger partial charge in [-0.15, -0.1) is 11.6 Å². The normalized spacial score (nSPS) is 13.0. The van der Waals surface area contributed by atoms with Crippen molar-refractivity contribution in [3.05, 3.63) is 127 Å². The fourth-order valence-electron chi connectivity index (χ4n) is 6.13. The molecule has 9 nitrogen and oxygen atoms in total. The number of carbonyl (C=O) groups excluding carboxylic acids is 1. The van der Waals surface area contributed by atoms with Crippen LogP contribution in [0.4, 0.5) is 28.8 Å². The van der Waals surface area contributed by atoms with E-state index in [2.05, 4.69) is 93.2 Å². The fourth-order valence-corrected chi connectivity index (χ4v) is 6.20. The van der Waals surface area contributed by atoms with Gasteiger partial charge in [0.2, 0.25) is 11.9 Å². The number of hydrogen-bond acceptors (Lipinski definition) is 7. The van der Waals surface area contributed by atoms with E-state index in [0.717, 1.165) is 35.6 Å². The highest BCUT2D eigenvalue weighted by atomic mass is 35.5. The molecule has 0 aliphatic carbocycles. The first-order valence-electron chi connectivity index (χ1n) is 16.3. The number of benzene rings is 4. The second-order valence-corrected chi connectivity index (χ2v) is 12.2. The Morgan fingerprint density at radius 3 is 2.10 bits per heavy atom. The number of imidazole rings is 1. The molecule has 2 aromatic heterocycles. The van der Waals surface area contributed by atoms with Crippen LogP contribution in [0.5, 0.6) is 0 Å². The zero-order valence-electron chi connectivity index (χ0n) is 26.6. The lowest BCUT2D eigenvalue weighted by molar-refractivity contribution is -0.113. The second kappa shape index (κ2) is 14.6. The Bertz CT molecular complexity index is 1930. The van der Waals surface area contributed by atoms with E-state index in [-0.39, 0.29) is 11.8 Å². The average Bonchev–Trinajstić information content (AvgIpc) is 3.57. The summed E-state index contributed by atoms with van der Waals surface area (Å²) in [5.74, 6) is 0.777. The number of piperidine rings is 1. The van der Waals surface area contributed by atoms with E-state index in [1.165, 1.54) is 24.9 Å². The second-order valence-electron chi connectivity index (χ2n) is 11.9. The molecule has 1 aliphatic rings. The van der Waals surface area contributed by atoms with Gasteiger partial charge in [-0.2, -0.15) is 9.97 Å². The summed E-state index contributed by atoms with van der Waals surface area (Å²) in [6, 6.07) is 36.8. The minimum Gasteiger partial charge on any atom is -0.372 e. The lowest BCUT2D eigenvalue weighted by atomic mass is 10.1. The molecule has 0 bridgehead atoms. The number of amides is 1. The molecule has 1 amide bonds. The third-order valence-corrected chi connectivity index (χ3v) is 8.73. The van der Waals surface area contributed by atoms with Crippen LogP contribution in [0.3, 0.4) is 0 Å². The minimum absolute atomic E-state index is 0.123. The largest absolute Gasteiger partial charge is 0.372 e. The summed E-state index contributed by atoms with van der Waals surface area (Å²) in [5.41, 5.74) is 7.18. The molecule has 0 unspecified atom stereocenters. The summed E-state index contributed by atoms with van der Waals surface area (Å²) in [5, 5.41) is 6.32. The van der Waals surface area contributed by atoms with Crippen molar-refractivity contribution in [2.24, 2.45) is 0 Å². The number of aromatic nitrogens is 4. The van der Waals surface area contributed by atoms with Crippen molar-refractivity contribution in [3.8, 4) is 5.69 Å².